The van der Waals surface area contributed by atoms with E-state index in [0.717, 1.165) is 5.69 Å². The maximum absolute atomic E-state index is 12.7. The molecule has 0 saturated heterocycles. The Morgan fingerprint density at radius 2 is 1.61 bits per heavy atom. The predicted octanol–water partition coefficient (Wildman–Crippen LogP) is 3.54. The molecule has 0 bridgehead atoms. The summed E-state index contributed by atoms with van der Waals surface area (Å²) in [5.74, 6) is 0.109. The number of rotatable bonds is 8. The molecule has 2 aromatic rings. The molecule has 28 heavy (non-hydrogen) atoms. The zero-order valence-electron chi connectivity index (χ0n) is 17.2. The van der Waals surface area contributed by atoms with Gasteiger partial charge in [-0.15, -0.1) is 0 Å². The van der Waals surface area contributed by atoms with E-state index in [9.17, 15) is 9.59 Å². The summed E-state index contributed by atoms with van der Waals surface area (Å²) < 4.78 is 5.39. The van der Waals surface area contributed by atoms with Gasteiger partial charge in [0.05, 0.1) is 6.61 Å². The van der Waals surface area contributed by atoms with Crippen molar-refractivity contribution in [1.29, 1.82) is 0 Å². The number of ether oxygens (including phenoxy) is 1. The van der Waals surface area contributed by atoms with Gasteiger partial charge in [0.25, 0.3) is 5.91 Å². The van der Waals surface area contributed by atoms with E-state index in [1.54, 1.807) is 24.3 Å². The third kappa shape index (κ3) is 5.74. The molecule has 6 heteroatoms. The minimum absolute atomic E-state index is 0.0623. The van der Waals surface area contributed by atoms with Gasteiger partial charge in [-0.25, -0.2) is 0 Å². The zero-order valence-corrected chi connectivity index (χ0v) is 17.2. The van der Waals surface area contributed by atoms with Gasteiger partial charge in [0, 0.05) is 31.0 Å². The Morgan fingerprint density at radius 1 is 1.00 bits per heavy atom. The fourth-order valence-electron chi connectivity index (χ4n) is 2.69. The van der Waals surface area contributed by atoms with Crippen molar-refractivity contribution in [3.8, 4) is 5.75 Å². The smallest absolute Gasteiger partial charge is 0.251 e. The highest BCUT2D eigenvalue weighted by molar-refractivity contribution is 6.01. The van der Waals surface area contributed by atoms with Crippen LogP contribution < -0.4 is 20.3 Å². The first-order valence-electron chi connectivity index (χ1n) is 9.43. The van der Waals surface area contributed by atoms with Crippen LogP contribution >= 0.6 is 0 Å². The molecule has 0 spiro atoms. The minimum Gasteiger partial charge on any atom is -0.494 e. The average Bonchev–Trinajstić information content (AvgIpc) is 2.66. The Hall–Kier alpha value is -3.02. The molecule has 0 saturated carbocycles. The topological polar surface area (TPSA) is 70.7 Å². The van der Waals surface area contributed by atoms with Gasteiger partial charge in [-0.2, -0.15) is 0 Å². The van der Waals surface area contributed by atoms with Gasteiger partial charge in [-0.05, 0) is 61.4 Å². The molecule has 1 unspecified atom stereocenters. The molecule has 2 aromatic carbocycles. The van der Waals surface area contributed by atoms with Crippen molar-refractivity contribution in [1.82, 2.24) is 5.32 Å². The second kappa shape index (κ2) is 9.78. The van der Waals surface area contributed by atoms with Gasteiger partial charge >= 0.3 is 0 Å². The summed E-state index contributed by atoms with van der Waals surface area (Å²) in [6.07, 6.45) is 0. The summed E-state index contributed by atoms with van der Waals surface area (Å²) in [5.41, 5.74) is 2.22. The number of nitrogens with zero attached hydrogens (tertiary/aromatic N) is 1. The average molecular weight is 383 g/mol. The monoisotopic (exact) mass is 383 g/mol. The van der Waals surface area contributed by atoms with Crippen LogP contribution in [0.25, 0.3) is 0 Å². The summed E-state index contributed by atoms with van der Waals surface area (Å²) in [6.45, 7) is 6.27. The third-order valence-corrected chi connectivity index (χ3v) is 4.31. The van der Waals surface area contributed by atoms with Gasteiger partial charge < -0.3 is 20.3 Å². The Balaban J connectivity index is 2.04. The molecule has 0 aliphatic heterocycles. The second-order valence-electron chi connectivity index (χ2n) is 7.08. The van der Waals surface area contributed by atoms with Crippen LogP contribution in [0.5, 0.6) is 5.75 Å². The molecule has 2 amide bonds. The highest BCUT2D eigenvalue weighted by Crippen LogP contribution is 2.17. The van der Waals surface area contributed by atoms with Gasteiger partial charge in [-0.3, -0.25) is 9.59 Å². The Morgan fingerprint density at radius 3 is 2.11 bits per heavy atom. The molecule has 2 rings (SSSR count). The number of benzene rings is 2. The van der Waals surface area contributed by atoms with E-state index in [4.69, 9.17) is 4.74 Å². The molecule has 6 nitrogen and oxygen atoms in total. The molecule has 0 heterocycles. The fourth-order valence-corrected chi connectivity index (χ4v) is 2.69. The quantitative estimate of drug-likeness (QED) is 0.731. The molecule has 0 aliphatic rings. The largest absolute Gasteiger partial charge is 0.494 e. The van der Waals surface area contributed by atoms with Crippen molar-refractivity contribution in [3.05, 3.63) is 54.1 Å². The first-order chi connectivity index (χ1) is 13.3. The number of carbonyl (C=O) groups is 2. The Kier molecular flexibility index (Phi) is 7.44. The van der Waals surface area contributed by atoms with E-state index >= 15 is 0 Å². The highest BCUT2D eigenvalue weighted by Gasteiger charge is 2.24. The number of anilines is 2. The zero-order chi connectivity index (χ0) is 20.7. The normalized spacial score (nSPS) is 11.6. The predicted molar refractivity (Wildman–Crippen MR) is 113 cm³/mol. The summed E-state index contributed by atoms with van der Waals surface area (Å²) in [5, 5.41) is 5.71. The lowest BCUT2D eigenvalue weighted by Gasteiger charge is -2.22. The molecule has 0 radical (unpaired) electrons. The van der Waals surface area contributed by atoms with Crippen LogP contribution in [0.4, 0.5) is 11.4 Å². The molecular weight excluding hydrogens is 354 g/mol. The van der Waals surface area contributed by atoms with Gasteiger partial charge in [0.2, 0.25) is 5.91 Å². The number of carbonyl (C=O) groups excluding carboxylic acids is 2. The molecule has 0 aliphatic carbocycles. The third-order valence-electron chi connectivity index (χ3n) is 4.31. The van der Waals surface area contributed by atoms with Crippen LogP contribution in [-0.4, -0.2) is 38.6 Å². The van der Waals surface area contributed by atoms with E-state index in [2.05, 4.69) is 10.6 Å². The summed E-state index contributed by atoms with van der Waals surface area (Å²) in [7, 11) is 3.91. The van der Waals surface area contributed by atoms with Crippen LogP contribution in [0.3, 0.4) is 0 Å². The van der Waals surface area contributed by atoms with Crippen molar-refractivity contribution in [2.24, 2.45) is 5.92 Å². The van der Waals surface area contributed by atoms with Gasteiger partial charge in [0.15, 0.2) is 0 Å². The standard InChI is InChI=1S/C22H29N3O3/c1-6-28-19-13-7-16(8-14-19)21(26)24-20(15(2)3)22(27)23-17-9-11-18(12-10-17)25(4)5/h7-15,20H,6H2,1-5H3,(H,23,27)(H,24,26). The molecule has 1 atom stereocenters. The molecule has 0 aromatic heterocycles. The fraction of sp³-hybridized carbons (Fsp3) is 0.364. The maximum Gasteiger partial charge on any atom is 0.251 e. The van der Waals surface area contributed by atoms with Crippen LogP contribution in [0.1, 0.15) is 31.1 Å². The van der Waals surface area contributed by atoms with E-state index in [-0.39, 0.29) is 17.7 Å². The van der Waals surface area contributed by atoms with Gasteiger partial charge in [-0.1, -0.05) is 13.8 Å². The maximum atomic E-state index is 12.7. The van der Waals surface area contributed by atoms with Crippen molar-refractivity contribution in [2.75, 3.05) is 30.9 Å². The van der Waals surface area contributed by atoms with Crippen LogP contribution in [0.2, 0.25) is 0 Å². The van der Waals surface area contributed by atoms with Crippen molar-refractivity contribution < 1.29 is 14.3 Å². The van der Waals surface area contributed by atoms with Crippen molar-refractivity contribution >= 4 is 23.2 Å². The number of amides is 2. The van der Waals surface area contributed by atoms with E-state index in [1.807, 2.05) is 64.0 Å². The van der Waals surface area contributed by atoms with E-state index in [0.29, 0.717) is 23.6 Å². The highest BCUT2D eigenvalue weighted by atomic mass is 16.5. The van der Waals surface area contributed by atoms with E-state index < -0.39 is 6.04 Å². The number of hydrogen-bond acceptors (Lipinski definition) is 4. The van der Waals surface area contributed by atoms with Crippen LogP contribution in [-0.2, 0) is 4.79 Å². The lowest BCUT2D eigenvalue weighted by atomic mass is 10.0. The minimum atomic E-state index is -0.646. The lowest BCUT2D eigenvalue weighted by Crippen LogP contribution is -2.47. The van der Waals surface area contributed by atoms with Crippen molar-refractivity contribution in [3.63, 3.8) is 0 Å². The van der Waals surface area contributed by atoms with Gasteiger partial charge in [0.1, 0.15) is 11.8 Å². The summed E-state index contributed by atoms with van der Waals surface area (Å²) in [6, 6.07) is 13.8. The first-order valence-corrected chi connectivity index (χ1v) is 9.43. The molecule has 0 fully saturated rings. The molecule has 150 valence electrons. The van der Waals surface area contributed by atoms with E-state index in [1.165, 1.54) is 0 Å². The summed E-state index contributed by atoms with van der Waals surface area (Å²) >= 11 is 0. The Bertz CT molecular complexity index is 784. The van der Waals surface area contributed by atoms with Crippen LogP contribution in [0, 0.1) is 5.92 Å². The van der Waals surface area contributed by atoms with Crippen molar-refractivity contribution in [2.45, 2.75) is 26.8 Å². The second-order valence-corrected chi connectivity index (χ2v) is 7.08. The van der Waals surface area contributed by atoms with Crippen LogP contribution in [0.15, 0.2) is 48.5 Å². The number of nitrogens with one attached hydrogen (secondary N) is 2. The molecule has 2 N–H and O–H groups in total. The molecular formula is C22H29N3O3. The Labute approximate surface area is 166 Å². The lowest BCUT2D eigenvalue weighted by molar-refractivity contribution is -0.118. The SMILES string of the molecule is CCOc1ccc(C(=O)NC(C(=O)Nc2ccc(N(C)C)cc2)C(C)C)cc1. The number of hydrogen-bond donors (Lipinski definition) is 2. The summed E-state index contributed by atoms with van der Waals surface area (Å²) in [4.78, 5) is 27.3. The first kappa shape index (κ1) is 21.3.